The lowest BCUT2D eigenvalue weighted by molar-refractivity contribution is 0.259. The molecule has 0 fully saturated rings. The van der Waals surface area contributed by atoms with E-state index in [1.807, 2.05) is 0 Å². The predicted octanol–water partition coefficient (Wildman–Crippen LogP) is 2.84. The maximum Gasteiger partial charge on any atom is 0.0418 e. The third kappa shape index (κ3) is 1.64. The van der Waals surface area contributed by atoms with E-state index in [-0.39, 0.29) is 10.8 Å². The van der Waals surface area contributed by atoms with Crippen LogP contribution in [0.5, 0.6) is 0 Å². The Labute approximate surface area is 75.7 Å². The van der Waals surface area contributed by atoms with Crippen LogP contribution in [-0.4, -0.2) is 0 Å². The SMILES string of the molecule is CC1(C)C#CCCC#CC1(C)C. The van der Waals surface area contributed by atoms with E-state index in [2.05, 4.69) is 51.4 Å². The predicted molar refractivity (Wildman–Crippen MR) is 52.3 cm³/mol. The Hall–Kier alpha value is -0.880. The molecular formula is C12H16. The van der Waals surface area contributed by atoms with E-state index >= 15 is 0 Å². The van der Waals surface area contributed by atoms with Gasteiger partial charge < -0.3 is 0 Å². The van der Waals surface area contributed by atoms with Crippen LogP contribution in [0.15, 0.2) is 0 Å². The van der Waals surface area contributed by atoms with Gasteiger partial charge in [-0.2, -0.15) is 0 Å². The zero-order valence-corrected chi connectivity index (χ0v) is 8.41. The van der Waals surface area contributed by atoms with Crippen LogP contribution in [0.25, 0.3) is 0 Å². The Balaban J connectivity index is 3.04. The van der Waals surface area contributed by atoms with Gasteiger partial charge in [0, 0.05) is 23.7 Å². The molecule has 0 spiro atoms. The minimum Gasteiger partial charge on any atom is -0.102 e. The molecule has 0 aromatic heterocycles. The summed E-state index contributed by atoms with van der Waals surface area (Å²) < 4.78 is 0. The van der Waals surface area contributed by atoms with E-state index < -0.39 is 0 Å². The largest absolute Gasteiger partial charge is 0.102 e. The van der Waals surface area contributed by atoms with Crippen LogP contribution < -0.4 is 0 Å². The number of hydrogen-bond donors (Lipinski definition) is 0. The van der Waals surface area contributed by atoms with Crippen LogP contribution in [0.4, 0.5) is 0 Å². The highest BCUT2D eigenvalue weighted by atomic mass is 14.3. The molecule has 0 aliphatic heterocycles. The summed E-state index contributed by atoms with van der Waals surface area (Å²) in [5.41, 5.74) is 0.0286. The molecule has 64 valence electrons. The molecule has 1 aliphatic carbocycles. The van der Waals surface area contributed by atoms with Gasteiger partial charge in [0.15, 0.2) is 0 Å². The maximum atomic E-state index is 3.30. The second-order valence-electron chi connectivity index (χ2n) is 4.35. The summed E-state index contributed by atoms with van der Waals surface area (Å²) in [6, 6.07) is 0. The van der Waals surface area contributed by atoms with Crippen LogP contribution in [0.3, 0.4) is 0 Å². The van der Waals surface area contributed by atoms with E-state index in [0.717, 1.165) is 12.8 Å². The standard InChI is InChI=1S/C12H16/c1-11(2)9-7-5-6-8-10-12(11,3)4/h5-6H2,1-4H3. The first-order valence-corrected chi connectivity index (χ1v) is 4.46. The molecule has 1 rings (SSSR count). The summed E-state index contributed by atoms with van der Waals surface area (Å²) in [6.07, 6.45) is 1.85. The first-order valence-electron chi connectivity index (χ1n) is 4.46. The van der Waals surface area contributed by atoms with Crippen molar-refractivity contribution in [3.05, 3.63) is 0 Å². The topological polar surface area (TPSA) is 0 Å². The zero-order valence-electron chi connectivity index (χ0n) is 8.41. The molecule has 0 amide bonds. The van der Waals surface area contributed by atoms with Crippen molar-refractivity contribution in [2.75, 3.05) is 0 Å². The Morgan fingerprint density at radius 1 is 0.750 bits per heavy atom. The molecular weight excluding hydrogens is 144 g/mol. The quantitative estimate of drug-likeness (QED) is 0.478. The van der Waals surface area contributed by atoms with Gasteiger partial charge in [-0.1, -0.05) is 11.8 Å². The third-order valence-electron chi connectivity index (χ3n) is 2.74. The minimum atomic E-state index is 0.0143. The first-order chi connectivity index (χ1) is 5.46. The lowest BCUT2D eigenvalue weighted by atomic mass is 9.68. The molecule has 1 aliphatic rings. The summed E-state index contributed by atoms with van der Waals surface area (Å²) in [6.45, 7) is 8.67. The molecule has 0 heterocycles. The Morgan fingerprint density at radius 3 is 1.42 bits per heavy atom. The van der Waals surface area contributed by atoms with Gasteiger partial charge in [-0.25, -0.2) is 0 Å². The average molecular weight is 160 g/mol. The second-order valence-corrected chi connectivity index (χ2v) is 4.35. The summed E-state index contributed by atoms with van der Waals surface area (Å²) in [5, 5.41) is 0. The summed E-state index contributed by atoms with van der Waals surface area (Å²) >= 11 is 0. The van der Waals surface area contributed by atoms with E-state index in [1.54, 1.807) is 0 Å². The highest BCUT2D eigenvalue weighted by Gasteiger charge is 2.34. The van der Waals surface area contributed by atoms with Crippen molar-refractivity contribution in [2.45, 2.75) is 40.5 Å². The van der Waals surface area contributed by atoms with Crippen LogP contribution in [0, 0.1) is 34.5 Å². The van der Waals surface area contributed by atoms with E-state index in [4.69, 9.17) is 0 Å². The van der Waals surface area contributed by atoms with Crippen LogP contribution in [-0.2, 0) is 0 Å². The van der Waals surface area contributed by atoms with Crippen LogP contribution >= 0.6 is 0 Å². The maximum absolute atomic E-state index is 3.30. The smallest absolute Gasteiger partial charge is 0.0418 e. The van der Waals surface area contributed by atoms with Gasteiger partial charge in [-0.15, -0.1) is 11.8 Å². The van der Waals surface area contributed by atoms with Crippen molar-refractivity contribution in [3.8, 4) is 23.7 Å². The molecule has 0 radical (unpaired) electrons. The van der Waals surface area contributed by atoms with E-state index in [9.17, 15) is 0 Å². The Bertz CT molecular complexity index is 251. The zero-order chi connectivity index (χ0) is 9.24. The minimum absolute atomic E-state index is 0.0143. The van der Waals surface area contributed by atoms with Gasteiger partial charge in [0.2, 0.25) is 0 Å². The molecule has 0 atom stereocenters. The molecule has 0 N–H and O–H groups in total. The van der Waals surface area contributed by atoms with Crippen molar-refractivity contribution in [1.82, 2.24) is 0 Å². The van der Waals surface area contributed by atoms with Crippen molar-refractivity contribution in [3.63, 3.8) is 0 Å². The normalized spacial score (nSPS) is 23.7. The van der Waals surface area contributed by atoms with Crippen LogP contribution in [0.2, 0.25) is 0 Å². The lowest BCUT2D eigenvalue weighted by Gasteiger charge is -2.33. The highest BCUT2D eigenvalue weighted by Crippen LogP contribution is 2.37. The van der Waals surface area contributed by atoms with Gasteiger partial charge >= 0.3 is 0 Å². The van der Waals surface area contributed by atoms with E-state index in [0.29, 0.717) is 0 Å². The first kappa shape index (κ1) is 9.21. The average Bonchev–Trinajstić information content (AvgIpc) is 1.94. The number of rotatable bonds is 0. The fraction of sp³-hybridized carbons (Fsp3) is 0.667. The molecule has 0 saturated carbocycles. The lowest BCUT2D eigenvalue weighted by Crippen LogP contribution is -2.30. The Kier molecular flexibility index (Phi) is 2.20. The van der Waals surface area contributed by atoms with Crippen molar-refractivity contribution in [1.29, 1.82) is 0 Å². The van der Waals surface area contributed by atoms with Crippen LogP contribution in [0.1, 0.15) is 40.5 Å². The fourth-order valence-electron chi connectivity index (χ4n) is 1.00. The van der Waals surface area contributed by atoms with Crippen molar-refractivity contribution < 1.29 is 0 Å². The highest BCUT2D eigenvalue weighted by molar-refractivity contribution is 5.25. The molecule has 0 aromatic rings. The monoisotopic (exact) mass is 160 g/mol. The molecule has 0 nitrogen and oxygen atoms in total. The molecule has 0 saturated heterocycles. The molecule has 12 heavy (non-hydrogen) atoms. The van der Waals surface area contributed by atoms with Gasteiger partial charge in [0.1, 0.15) is 0 Å². The van der Waals surface area contributed by atoms with Gasteiger partial charge in [-0.3, -0.25) is 0 Å². The molecule has 0 unspecified atom stereocenters. The van der Waals surface area contributed by atoms with Gasteiger partial charge in [0.25, 0.3) is 0 Å². The molecule has 0 aromatic carbocycles. The third-order valence-corrected chi connectivity index (χ3v) is 2.74. The van der Waals surface area contributed by atoms with E-state index in [1.165, 1.54) is 0 Å². The summed E-state index contributed by atoms with van der Waals surface area (Å²) in [5.74, 6) is 13.0. The Morgan fingerprint density at radius 2 is 1.08 bits per heavy atom. The van der Waals surface area contributed by atoms with Crippen molar-refractivity contribution >= 4 is 0 Å². The number of hydrogen-bond acceptors (Lipinski definition) is 0. The van der Waals surface area contributed by atoms with Gasteiger partial charge in [0.05, 0.1) is 0 Å². The molecule has 0 heteroatoms. The van der Waals surface area contributed by atoms with Gasteiger partial charge in [-0.05, 0) is 27.7 Å². The van der Waals surface area contributed by atoms with Crippen molar-refractivity contribution in [2.24, 2.45) is 10.8 Å². The fourth-order valence-corrected chi connectivity index (χ4v) is 1.00. The molecule has 0 bridgehead atoms. The summed E-state index contributed by atoms with van der Waals surface area (Å²) in [4.78, 5) is 0. The second kappa shape index (κ2) is 2.87. The summed E-state index contributed by atoms with van der Waals surface area (Å²) in [7, 11) is 0.